The van der Waals surface area contributed by atoms with Gasteiger partial charge in [-0.05, 0) is 74.5 Å². The number of aromatic nitrogens is 1. The van der Waals surface area contributed by atoms with Crippen LogP contribution in [0.15, 0.2) is 91.1 Å². The number of hydrogen-bond donors (Lipinski definition) is 0. The predicted molar refractivity (Wildman–Crippen MR) is 138 cm³/mol. The molecule has 0 atom stereocenters. The van der Waals surface area contributed by atoms with Crippen LogP contribution in [0, 0.1) is 0 Å². The lowest BCUT2D eigenvalue weighted by atomic mass is 9.90. The first-order chi connectivity index (χ1) is 15.5. The van der Waals surface area contributed by atoms with Crippen molar-refractivity contribution < 1.29 is 0 Å². The van der Waals surface area contributed by atoms with Crippen molar-refractivity contribution >= 4 is 21.5 Å². The average Bonchev–Trinajstić information content (AvgIpc) is 2.83. The van der Waals surface area contributed by atoms with Crippen LogP contribution in [0.4, 0.5) is 0 Å². The van der Waals surface area contributed by atoms with Gasteiger partial charge in [0.25, 0.3) is 0 Å². The topological polar surface area (TPSA) is 12.9 Å². The van der Waals surface area contributed by atoms with Gasteiger partial charge in [0.2, 0.25) is 0 Å². The molecule has 0 aliphatic carbocycles. The highest BCUT2D eigenvalue weighted by Gasteiger charge is 2.13. The summed E-state index contributed by atoms with van der Waals surface area (Å²) in [6.45, 7) is 9.05. The number of fused-ring (bicyclic) bond motifs is 3. The van der Waals surface area contributed by atoms with Crippen LogP contribution in [0.5, 0.6) is 0 Å². The summed E-state index contributed by atoms with van der Waals surface area (Å²) >= 11 is 0. The molecule has 0 spiro atoms. The van der Waals surface area contributed by atoms with Crippen LogP contribution in [0.25, 0.3) is 43.9 Å². The lowest BCUT2D eigenvalue weighted by Gasteiger charge is -2.16. The second-order valence-corrected chi connectivity index (χ2v) is 9.32. The number of hydrogen-bond acceptors (Lipinski definition) is 1. The highest BCUT2D eigenvalue weighted by atomic mass is 14.7. The maximum absolute atomic E-state index is 4.85. The van der Waals surface area contributed by atoms with Gasteiger partial charge in [-0.1, -0.05) is 88.4 Å². The van der Waals surface area contributed by atoms with E-state index in [4.69, 9.17) is 4.98 Å². The first kappa shape index (κ1) is 20.5. The lowest BCUT2D eigenvalue weighted by Crippen LogP contribution is -1.96. The Morgan fingerprint density at radius 1 is 0.531 bits per heavy atom. The van der Waals surface area contributed by atoms with Crippen LogP contribution in [-0.2, 0) is 0 Å². The molecule has 1 nitrogen and oxygen atoms in total. The van der Waals surface area contributed by atoms with Crippen molar-refractivity contribution in [2.45, 2.75) is 39.5 Å². The molecule has 0 aliphatic heterocycles. The van der Waals surface area contributed by atoms with Gasteiger partial charge in [-0.2, -0.15) is 0 Å². The summed E-state index contributed by atoms with van der Waals surface area (Å²) in [6, 6.07) is 31.0. The van der Waals surface area contributed by atoms with Gasteiger partial charge in [0.05, 0.1) is 5.69 Å². The molecule has 5 aromatic rings. The Balaban J connectivity index is 1.70. The molecule has 0 radical (unpaired) electrons. The molecule has 0 fully saturated rings. The molecule has 0 aliphatic rings. The third kappa shape index (κ3) is 3.69. The van der Waals surface area contributed by atoms with E-state index in [0.717, 1.165) is 5.69 Å². The van der Waals surface area contributed by atoms with Crippen molar-refractivity contribution in [1.82, 2.24) is 4.98 Å². The second-order valence-electron chi connectivity index (χ2n) is 9.32. The van der Waals surface area contributed by atoms with Gasteiger partial charge in [-0.3, -0.25) is 4.98 Å². The summed E-state index contributed by atoms with van der Waals surface area (Å²) in [5, 5.41) is 5.00. The molecule has 1 aromatic heterocycles. The molecular formula is C31H29N. The van der Waals surface area contributed by atoms with E-state index in [1.54, 1.807) is 0 Å². The Morgan fingerprint density at radius 2 is 1.22 bits per heavy atom. The highest BCUT2D eigenvalue weighted by Crippen LogP contribution is 2.35. The second kappa shape index (κ2) is 8.24. The molecule has 0 saturated carbocycles. The first-order valence-electron chi connectivity index (χ1n) is 11.5. The highest BCUT2D eigenvalue weighted by molar-refractivity contribution is 6.11. The van der Waals surface area contributed by atoms with Crippen LogP contribution in [0.1, 0.15) is 50.7 Å². The zero-order valence-electron chi connectivity index (χ0n) is 19.3. The van der Waals surface area contributed by atoms with Crippen LogP contribution in [-0.4, -0.2) is 4.98 Å². The quantitative estimate of drug-likeness (QED) is 0.267. The third-order valence-corrected chi connectivity index (χ3v) is 6.45. The van der Waals surface area contributed by atoms with Crippen molar-refractivity contribution in [3.63, 3.8) is 0 Å². The van der Waals surface area contributed by atoms with E-state index in [0.29, 0.717) is 11.8 Å². The lowest BCUT2D eigenvalue weighted by molar-refractivity contribution is 0.834. The van der Waals surface area contributed by atoms with Gasteiger partial charge >= 0.3 is 0 Å². The zero-order chi connectivity index (χ0) is 22.2. The van der Waals surface area contributed by atoms with Gasteiger partial charge in [0.15, 0.2) is 0 Å². The Morgan fingerprint density at radius 3 is 1.91 bits per heavy atom. The van der Waals surface area contributed by atoms with Crippen LogP contribution in [0.2, 0.25) is 0 Å². The van der Waals surface area contributed by atoms with Crippen LogP contribution < -0.4 is 0 Å². The van der Waals surface area contributed by atoms with E-state index < -0.39 is 0 Å². The number of nitrogens with zero attached hydrogens (tertiary/aromatic N) is 1. The van der Waals surface area contributed by atoms with E-state index in [2.05, 4.69) is 113 Å². The van der Waals surface area contributed by atoms with E-state index in [1.165, 1.54) is 49.4 Å². The van der Waals surface area contributed by atoms with Gasteiger partial charge in [0, 0.05) is 17.1 Å². The van der Waals surface area contributed by atoms with Gasteiger partial charge in [-0.15, -0.1) is 0 Å². The van der Waals surface area contributed by atoms with Gasteiger partial charge in [0.1, 0.15) is 0 Å². The monoisotopic (exact) mass is 415 g/mol. The van der Waals surface area contributed by atoms with Gasteiger partial charge < -0.3 is 0 Å². The van der Waals surface area contributed by atoms with Crippen LogP contribution in [0.3, 0.4) is 0 Å². The van der Waals surface area contributed by atoms with Gasteiger partial charge in [-0.25, -0.2) is 0 Å². The van der Waals surface area contributed by atoms with E-state index >= 15 is 0 Å². The van der Waals surface area contributed by atoms with Crippen LogP contribution >= 0.6 is 0 Å². The maximum atomic E-state index is 4.85. The summed E-state index contributed by atoms with van der Waals surface area (Å²) < 4.78 is 0. The summed E-state index contributed by atoms with van der Waals surface area (Å²) in [4.78, 5) is 4.85. The summed E-state index contributed by atoms with van der Waals surface area (Å²) in [5.74, 6) is 0.972. The molecule has 0 bridgehead atoms. The van der Waals surface area contributed by atoms with Crippen molar-refractivity contribution in [2.24, 2.45) is 0 Å². The molecule has 0 unspecified atom stereocenters. The SMILES string of the molecule is CC(C)c1cc(-c2nccc3c2ccc2cc(-c4ccccc4)ccc23)cc(C(C)C)c1. The predicted octanol–water partition coefficient (Wildman–Crippen LogP) is 8.97. The molecule has 32 heavy (non-hydrogen) atoms. The fourth-order valence-electron chi connectivity index (χ4n) is 4.52. The standard InChI is InChI=1S/C31H29N/c1-20(2)25-17-26(21(3)4)19-27(18-25)31-30-13-11-24-16-23(22-8-6-5-7-9-22)10-12-28(24)29(30)14-15-32-31/h5-21H,1-4H3. The normalized spacial score (nSPS) is 11.7. The van der Waals surface area contributed by atoms with E-state index in [-0.39, 0.29) is 0 Å². The molecule has 158 valence electrons. The smallest absolute Gasteiger partial charge is 0.0780 e. The van der Waals surface area contributed by atoms with Crippen molar-refractivity contribution in [3.05, 3.63) is 102 Å². The van der Waals surface area contributed by atoms with Crippen molar-refractivity contribution in [3.8, 4) is 22.4 Å². The van der Waals surface area contributed by atoms with E-state index in [1.807, 2.05) is 6.20 Å². The van der Waals surface area contributed by atoms with Crippen molar-refractivity contribution in [1.29, 1.82) is 0 Å². The Labute approximate surface area is 190 Å². The molecule has 5 rings (SSSR count). The summed E-state index contributed by atoms with van der Waals surface area (Å²) in [5.41, 5.74) is 7.53. The summed E-state index contributed by atoms with van der Waals surface area (Å²) in [6.07, 6.45) is 1.96. The summed E-state index contributed by atoms with van der Waals surface area (Å²) in [7, 11) is 0. The third-order valence-electron chi connectivity index (χ3n) is 6.45. The molecule has 4 aromatic carbocycles. The molecule has 0 saturated heterocycles. The minimum atomic E-state index is 0.486. The Bertz CT molecular complexity index is 1390. The molecule has 0 amide bonds. The number of pyridine rings is 1. The maximum Gasteiger partial charge on any atom is 0.0780 e. The van der Waals surface area contributed by atoms with Crippen molar-refractivity contribution in [2.75, 3.05) is 0 Å². The minimum absolute atomic E-state index is 0.486. The van der Waals surface area contributed by atoms with E-state index in [9.17, 15) is 0 Å². The number of rotatable bonds is 4. The fourth-order valence-corrected chi connectivity index (χ4v) is 4.52. The zero-order valence-corrected chi connectivity index (χ0v) is 19.3. The molecule has 0 N–H and O–H groups in total. The largest absolute Gasteiger partial charge is 0.256 e. The molecule has 1 heteroatoms. The minimum Gasteiger partial charge on any atom is -0.256 e. The molecule has 1 heterocycles. The first-order valence-corrected chi connectivity index (χ1v) is 11.5. The number of benzene rings is 4. The molecular weight excluding hydrogens is 386 g/mol. The Kier molecular flexibility index (Phi) is 5.27. The fraction of sp³-hybridized carbons (Fsp3) is 0.194. The average molecular weight is 416 g/mol. The Hall–Kier alpha value is -3.45.